The van der Waals surface area contributed by atoms with Gasteiger partial charge in [-0.2, -0.15) is 0 Å². The Kier molecular flexibility index (Phi) is 4.04. The van der Waals surface area contributed by atoms with Crippen LogP contribution in [0.2, 0.25) is 0 Å². The minimum atomic E-state index is -0.538. The number of benzene rings is 1. The fourth-order valence-corrected chi connectivity index (χ4v) is 1.98. The minimum absolute atomic E-state index is 0.0206. The molecule has 102 valence electrons. The van der Waals surface area contributed by atoms with Crippen molar-refractivity contribution in [3.8, 4) is 5.75 Å². The molecule has 2 amide bonds. The van der Waals surface area contributed by atoms with Gasteiger partial charge in [-0.05, 0) is 25.5 Å². The van der Waals surface area contributed by atoms with E-state index in [4.69, 9.17) is 4.74 Å². The summed E-state index contributed by atoms with van der Waals surface area (Å²) in [7, 11) is 0. The van der Waals surface area contributed by atoms with Crippen LogP contribution in [0, 0.1) is 0 Å². The fraction of sp³-hybridized carbons (Fsp3) is 0.429. The molecule has 0 saturated carbocycles. The highest BCUT2D eigenvalue weighted by molar-refractivity contribution is 5.87. The standard InChI is InChI=1S/C14H18N2O3/c1-9(2)16-13(17)8-15-14(18)12-7-10-5-3-4-6-11(10)19-12/h3-6,9,12H,7-8H2,1-2H3,(H,15,18)(H,16,17)/t12-/m0/s1. The molecule has 1 atom stereocenters. The molecule has 0 unspecified atom stereocenters. The van der Waals surface area contributed by atoms with Crippen LogP contribution in [0.3, 0.4) is 0 Å². The number of carbonyl (C=O) groups is 2. The van der Waals surface area contributed by atoms with Crippen LogP contribution in [-0.4, -0.2) is 30.5 Å². The first kappa shape index (κ1) is 13.4. The quantitative estimate of drug-likeness (QED) is 0.836. The van der Waals surface area contributed by atoms with Crippen LogP contribution >= 0.6 is 0 Å². The molecular formula is C14H18N2O3. The van der Waals surface area contributed by atoms with E-state index in [1.165, 1.54) is 0 Å². The van der Waals surface area contributed by atoms with E-state index in [0.29, 0.717) is 6.42 Å². The van der Waals surface area contributed by atoms with Gasteiger partial charge in [-0.3, -0.25) is 9.59 Å². The second-order valence-electron chi connectivity index (χ2n) is 4.86. The van der Waals surface area contributed by atoms with Crippen LogP contribution in [0.1, 0.15) is 19.4 Å². The Morgan fingerprint density at radius 1 is 1.37 bits per heavy atom. The molecule has 0 aromatic heterocycles. The Morgan fingerprint density at radius 3 is 2.79 bits per heavy atom. The van der Waals surface area contributed by atoms with Crippen molar-refractivity contribution in [2.75, 3.05) is 6.54 Å². The molecule has 0 fully saturated rings. The molecule has 0 bridgehead atoms. The van der Waals surface area contributed by atoms with Crippen molar-refractivity contribution >= 4 is 11.8 Å². The molecule has 5 heteroatoms. The Hall–Kier alpha value is -2.04. The van der Waals surface area contributed by atoms with Crippen LogP contribution in [0.15, 0.2) is 24.3 Å². The summed E-state index contributed by atoms with van der Waals surface area (Å²) in [5.74, 6) is 0.295. The predicted molar refractivity (Wildman–Crippen MR) is 70.9 cm³/mol. The van der Waals surface area contributed by atoms with Gasteiger partial charge in [0.05, 0.1) is 6.54 Å². The first-order valence-electron chi connectivity index (χ1n) is 6.38. The number of hydrogen-bond acceptors (Lipinski definition) is 3. The number of para-hydroxylation sites is 1. The van der Waals surface area contributed by atoms with Gasteiger partial charge in [-0.15, -0.1) is 0 Å². The lowest BCUT2D eigenvalue weighted by Gasteiger charge is -2.12. The van der Waals surface area contributed by atoms with Crippen molar-refractivity contribution in [3.05, 3.63) is 29.8 Å². The number of hydrogen-bond donors (Lipinski definition) is 2. The second kappa shape index (κ2) is 5.73. The monoisotopic (exact) mass is 262 g/mol. The van der Waals surface area contributed by atoms with E-state index in [9.17, 15) is 9.59 Å². The first-order chi connectivity index (χ1) is 9.06. The van der Waals surface area contributed by atoms with Gasteiger partial charge < -0.3 is 15.4 Å². The van der Waals surface area contributed by atoms with Crippen molar-refractivity contribution in [2.45, 2.75) is 32.4 Å². The highest BCUT2D eigenvalue weighted by Crippen LogP contribution is 2.27. The highest BCUT2D eigenvalue weighted by atomic mass is 16.5. The average Bonchev–Trinajstić information content (AvgIpc) is 2.78. The van der Waals surface area contributed by atoms with Gasteiger partial charge in [0.25, 0.3) is 5.91 Å². The topological polar surface area (TPSA) is 67.4 Å². The van der Waals surface area contributed by atoms with Gasteiger partial charge in [0, 0.05) is 12.5 Å². The number of fused-ring (bicyclic) bond motifs is 1. The van der Waals surface area contributed by atoms with Gasteiger partial charge in [0.2, 0.25) is 5.91 Å². The number of carbonyl (C=O) groups excluding carboxylic acids is 2. The maximum Gasteiger partial charge on any atom is 0.261 e. The van der Waals surface area contributed by atoms with Crippen LogP contribution in [0.4, 0.5) is 0 Å². The van der Waals surface area contributed by atoms with E-state index in [1.807, 2.05) is 38.1 Å². The number of amides is 2. The molecule has 0 aliphatic carbocycles. The summed E-state index contributed by atoms with van der Waals surface area (Å²) in [4.78, 5) is 23.3. The Balaban J connectivity index is 1.82. The lowest BCUT2D eigenvalue weighted by molar-refractivity contribution is -0.130. The summed E-state index contributed by atoms with van der Waals surface area (Å²) in [5, 5.41) is 5.30. The van der Waals surface area contributed by atoms with Crippen LogP contribution in [0.25, 0.3) is 0 Å². The molecule has 1 aliphatic heterocycles. The third-order valence-corrected chi connectivity index (χ3v) is 2.81. The van der Waals surface area contributed by atoms with E-state index in [1.54, 1.807) is 0 Å². The predicted octanol–water partition coefficient (Wildman–Crippen LogP) is 0.631. The Labute approximate surface area is 112 Å². The first-order valence-corrected chi connectivity index (χ1v) is 6.38. The van der Waals surface area contributed by atoms with Gasteiger partial charge >= 0.3 is 0 Å². The molecule has 1 aliphatic rings. The smallest absolute Gasteiger partial charge is 0.261 e. The average molecular weight is 262 g/mol. The zero-order chi connectivity index (χ0) is 13.8. The SMILES string of the molecule is CC(C)NC(=O)CNC(=O)[C@@H]1Cc2ccccc2O1. The van der Waals surface area contributed by atoms with Crippen molar-refractivity contribution in [3.63, 3.8) is 0 Å². The molecule has 0 radical (unpaired) electrons. The zero-order valence-corrected chi connectivity index (χ0v) is 11.1. The third kappa shape index (κ3) is 3.47. The highest BCUT2D eigenvalue weighted by Gasteiger charge is 2.28. The fourth-order valence-electron chi connectivity index (χ4n) is 1.98. The molecule has 1 aromatic rings. The number of ether oxygens (including phenoxy) is 1. The van der Waals surface area contributed by atoms with Crippen LogP contribution in [-0.2, 0) is 16.0 Å². The van der Waals surface area contributed by atoms with Crippen LogP contribution in [0.5, 0.6) is 5.75 Å². The normalized spacial score (nSPS) is 16.7. The third-order valence-electron chi connectivity index (χ3n) is 2.81. The summed E-state index contributed by atoms with van der Waals surface area (Å²) in [5.41, 5.74) is 1.02. The minimum Gasteiger partial charge on any atom is -0.480 e. The van der Waals surface area contributed by atoms with E-state index in [0.717, 1.165) is 11.3 Å². The number of rotatable bonds is 4. The zero-order valence-electron chi connectivity index (χ0n) is 11.1. The van der Waals surface area contributed by atoms with Crippen molar-refractivity contribution in [1.29, 1.82) is 0 Å². The van der Waals surface area contributed by atoms with Gasteiger partial charge in [0.1, 0.15) is 5.75 Å². The van der Waals surface area contributed by atoms with Crippen molar-refractivity contribution in [2.24, 2.45) is 0 Å². The molecule has 1 aromatic carbocycles. The summed E-state index contributed by atoms with van der Waals surface area (Å²) in [6.07, 6.45) is 0.0117. The second-order valence-corrected chi connectivity index (χ2v) is 4.86. The summed E-state index contributed by atoms with van der Waals surface area (Å²) in [6, 6.07) is 7.63. The molecule has 19 heavy (non-hydrogen) atoms. The molecule has 2 rings (SSSR count). The maximum atomic E-state index is 11.9. The summed E-state index contributed by atoms with van der Waals surface area (Å²) in [6.45, 7) is 3.72. The lowest BCUT2D eigenvalue weighted by atomic mass is 10.1. The Morgan fingerprint density at radius 2 is 2.11 bits per heavy atom. The van der Waals surface area contributed by atoms with E-state index < -0.39 is 6.10 Å². The van der Waals surface area contributed by atoms with Gasteiger partial charge in [-0.1, -0.05) is 18.2 Å². The molecule has 5 nitrogen and oxygen atoms in total. The molecular weight excluding hydrogens is 244 g/mol. The summed E-state index contributed by atoms with van der Waals surface area (Å²) >= 11 is 0. The van der Waals surface area contributed by atoms with Gasteiger partial charge in [0.15, 0.2) is 6.10 Å². The van der Waals surface area contributed by atoms with E-state index in [2.05, 4.69) is 10.6 Å². The van der Waals surface area contributed by atoms with E-state index in [-0.39, 0.29) is 24.4 Å². The summed E-state index contributed by atoms with van der Waals surface area (Å²) < 4.78 is 5.54. The molecule has 0 saturated heterocycles. The van der Waals surface area contributed by atoms with Crippen molar-refractivity contribution in [1.82, 2.24) is 10.6 Å². The largest absolute Gasteiger partial charge is 0.480 e. The number of nitrogens with one attached hydrogen (secondary N) is 2. The van der Waals surface area contributed by atoms with Crippen molar-refractivity contribution < 1.29 is 14.3 Å². The Bertz CT molecular complexity index is 460. The van der Waals surface area contributed by atoms with Crippen LogP contribution < -0.4 is 15.4 Å². The van der Waals surface area contributed by atoms with Gasteiger partial charge in [-0.25, -0.2) is 0 Å². The molecule has 1 heterocycles. The van der Waals surface area contributed by atoms with E-state index >= 15 is 0 Å². The molecule has 0 spiro atoms. The lowest BCUT2D eigenvalue weighted by Crippen LogP contribution is -2.44. The maximum absolute atomic E-state index is 11.9. The molecule has 2 N–H and O–H groups in total.